The second-order valence-corrected chi connectivity index (χ2v) is 4.21. The van der Waals surface area contributed by atoms with Gasteiger partial charge in [0.05, 0.1) is 12.7 Å². The van der Waals surface area contributed by atoms with Crippen molar-refractivity contribution in [1.82, 2.24) is 0 Å². The third-order valence-electron chi connectivity index (χ3n) is 2.72. The lowest BCUT2D eigenvalue weighted by Gasteiger charge is -2.16. The average Bonchev–Trinajstić information content (AvgIpc) is 2.70. The molecular formula is C9H16O3. The summed E-state index contributed by atoms with van der Waals surface area (Å²) in [5.41, 5.74) is 0. The van der Waals surface area contributed by atoms with Crippen molar-refractivity contribution in [2.45, 2.75) is 32.2 Å². The van der Waals surface area contributed by atoms with Gasteiger partial charge in [0.2, 0.25) is 0 Å². The third kappa shape index (κ3) is 1.49. The summed E-state index contributed by atoms with van der Waals surface area (Å²) >= 11 is 0. The zero-order valence-corrected chi connectivity index (χ0v) is 7.62. The summed E-state index contributed by atoms with van der Waals surface area (Å²) in [4.78, 5) is 0. The zero-order valence-electron chi connectivity index (χ0n) is 7.62. The van der Waals surface area contributed by atoms with E-state index < -0.39 is 5.79 Å². The summed E-state index contributed by atoms with van der Waals surface area (Å²) in [6, 6.07) is 0. The topological polar surface area (TPSA) is 38.7 Å². The van der Waals surface area contributed by atoms with Gasteiger partial charge in [-0.1, -0.05) is 0 Å². The number of rotatable bonds is 2. The minimum atomic E-state index is -0.409. The second kappa shape index (κ2) is 2.69. The van der Waals surface area contributed by atoms with Crippen molar-refractivity contribution >= 4 is 0 Å². The highest BCUT2D eigenvalue weighted by Gasteiger charge is 2.48. The fourth-order valence-corrected chi connectivity index (χ4v) is 1.86. The van der Waals surface area contributed by atoms with Gasteiger partial charge < -0.3 is 14.6 Å². The van der Waals surface area contributed by atoms with Crippen LogP contribution in [0.1, 0.15) is 20.3 Å². The predicted molar refractivity (Wildman–Crippen MR) is 43.6 cm³/mol. The molecule has 0 aromatic carbocycles. The van der Waals surface area contributed by atoms with Gasteiger partial charge in [0.25, 0.3) is 0 Å². The Labute approximate surface area is 72.7 Å². The summed E-state index contributed by atoms with van der Waals surface area (Å²) in [6.45, 7) is 4.85. The Balaban J connectivity index is 1.85. The molecule has 0 radical (unpaired) electrons. The van der Waals surface area contributed by atoms with Crippen LogP contribution < -0.4 is 0 Å². The maximum Gasteiger partial charge on any atom is 0.163 e. The Morgan fingerprint density at radius 1 is 1.50 bits per heavy atom. The highest BCUT2D eigenvalue weighted by molar-refractivity contribution is 4.94. The van der Waals surface area contributed by atoms with Crippen LogP contribution in [-0.2, 0) is 9.47 Å². The molecule has 3 nitrogen and oxygen atoms in total. The van der Waals surface area contributed by atoms with Crippen LogP contribution in [0.2, 0.25) is 0 Å². The molecule has 1 aliphatic carbocycles. The second-order valence-electron chi connectivity index (χ2n) is 4.21. The van der Waals surface area contributed by atoms with Crippen LogP contribution in [0.3, 0.4) is 0 Å². The van der Waals surface area contributed by atoms with E-state index in [0.717, 1.165) is 6.42 Å². The van der Waals surface area contributed by atoms with Crippen LogP contribution in [0, 0.1) is 11.8 Å². The van der Waals surface area contributed by atoms with E-state index in [9.17, 15) is 0 Å². The van der Waals surface area contributed by atoms with Crippen molar-refractivity contribution in [1.29, 1.82) is 0 Å². The highest BCUT2D eigenvalue weighted by Crippen LogP contribution is 2.45. The molecule has 1 saturated carbocycles. The van der Waals surface area contributed by atoms with Crippen LogP contribution in [-0.4, -0.2) is 30.2 Å². The van der Waals surface area contributed by atoms with Gasteiger partial charge in [-0.3, -0.25) is 0 Å². The first kappa shape index (κ1) is 8.48. The average molecular weight is 172 g/mol. The smallest absolute Gasteiger partial charge is 0.163 e. The fraction of sp³-hybridized carbons (Fsp3) is 1.00. The van der Waals surface area contributed by atoms with Crippen molar-refractivity contribution in [3.05, 3.63) is 0 Å². The molecule has 1 aliphatic heterocycles. The first-order valence-electron chi connectivity index (χ1n) is 4.55. The molecule has 3 heteroatoms. The van der Waals surface area contributed by atoms with Crippen molar-refractivity contribution in [2.75, 3.05) is 13.2 Å². The molecule has 0 aromatic rings. The van der Waals surface area contributed by atoms with Gasteiger partial charge in [0, 0.05) is 6.61 Å². The van der Waals surface area contributed by atoms with Crippen LogP contribution in [0.15, 0.2) is 0 Å². The minimum absolute atomic E-state index is 0.220. The normalized spacial score (nSPS) is 44.8. The molecule has 2 fully saturated rings. The molecule has 2 aliphatic rings. The molecule has 1 heterocycles. The van der Waals surface area contributed by atoms with Crippen molar-refractivity contribution in [3.8, 4) is 0 Å². The molecule has 12 heavy (non-hydrogen) atoms. The van der Waals surface area contributed by atoms with Gasteiger partial charge in [0.15, 0.2) is 5.79 Å². The molecule has 70 valence electrons. The van der Waals surface area contributed by atoms with E-state index in [0.29, 0.717) is 25.0 Å². The minimum Gasteiger partial charge on any atom is -0.396 e. The number of ether oxygens (including phenoxy) is 2. The molecule has 0 unspecified atom stereocenters. The van der Waals surface area contributed by atoms with Crippen molar-refractivity contribution in [2.24, 2.45) is 11.8 Å². The van der Waals surface area contributed by atoms with E-state index in [4.69, 9.17) is 14.6 Å². The van der Waals surface area contributed by atoms with Crippen LogP contribution in [0.25, 0.3) is 0 Å². The largest absolute Gasteiger partial charge is 0.396 e. The summed E-state index contributed by atoms with van der Waals surface area (Å²) in [7, 11) is 0. The molecule has 0 amide bonds. The highest BCUT2D eigenvalue weighted by atomic mass is 16.7. The Bertz CT molecular complexity index is 179. The quantitative estimate of drug-likeness (QED) is 0.668. The van der Waals surface area contributed by atoms with Gasteiger partial charge in [-0.15, -0.1) is 0 Å². The maximum atomic E-state index is 8.87. The molecular weight excluding hydrogens is 156 g/mol. The van der Waals surface area contributed by atoms with Gasteiger partial charge >= 0.3 is 0 Å². The van der Waals surface area contributed by atoms with Gasteiger partial charge in [0.1, 0.15) is 0 Å². The summed E-state index contributed by atoms with van der Waals surface area (Å²) in [6.07, 6.45) is 1.32. The molecule has 0 spiro atoms. The van der Waals surface area contributed by atoms with Gasteiger partial charge in [-0.05, 0) is 32.1 Å². The Kier molecular flexibility index (Phi) is 1.90. The van der Waals surface area contributed by atoms with E-state index in [1.165, 1.54) is 0 Å². The summed E-state index contributed by atoms with van der Waals surface area (Å²) in [5.74, 6) is 0.594. The molecule has 1 saturated heterocycles. The number of hydrogen-bond donors (Lipinski definition) is 1. The van der Waals surface area contributed by atoms with Crippen LogP contribution in [0.4, 0.5) is 0 Å². The first-order chi connectivity index (χ1) is 5.62. The van der Waals surface area contributed by atoms with Crippen molar-refractivity contribution < 1.29 is 14.6 Å². The number of aliphatic hydroxyl groups excluding tert-OH is 1. The number of aliphatic hydroxyl groups is 1. The van der Waals surface area contributed by atoms with E-state index in [1.54, 1.807) is 0 Å². The van der Waals surface area contributed by atoms with Crippen molar-refractivity contribution in [3.63, 3.8) is 0 Å². The maximum absolute atomic E-state index is 8.87. The number of hydrogen-bond acceptors (Lipinski definition) is 3. The van der Waals surface area contributed by atoms with Crippen LogP contribution >= 0.6 is 0 Å². The Morgan fingerprint density at radius 2 is 2.25 bits per heavy atom. The van der Waals surface area contributed by atoms with E-state index in [-0.39, 0.29) is 6.10 Å². The fourth-order valence-electron chi connectivity index (χ4n) is 1.86. The third-order valence-corrected chi connectivity index (χ3v) is 2.72. The summed E-state index contributed by atoms with van der Waals surface area (Å²) < 4.78 is 11.1. The van der Waals surface area contributed by atoms with Gasteiger partial charge in [-0.25, -0.2) is 0 Å². The molecule has 0 bridgehead atoms. The van der Waals surface area contributed by atoms with E-state index in [2.05, 4.69) is 0 Å². The van der Waals surface area contributed by atoms with Crippen LogP contribution in [0.5, 0.6) is 0 Å². The standard InChI is InChI=1S/C9H16O3/c1-9(2)11-5-8(12-9)7-3-6(7)4-10/h6-8,10H,3-5H2,1-2H3/t6-,7-,8-/m1/s1. The lowest BCUT2D eigenvalue weighted by atomic mass is 10.2. The monoisotopic (exact) mass is 172 g/mol. The van der Waals surface area contributed by atoms with E-state index in [1.807, 2.05) is 13.8 Å². The first-order valence-corrected chi connectivity index (χ1v) is 4.55. The van der Waals surface area contributed by atoms with E-state index >= 15 is 0 Å². The molecule has 0 aromatic heterocycles. The predicted octanol–water partition coefficient (Wildman–Crippen LogP) is 0.766. The molecule has 2 rings (SSSR count). The summed E-state index contributed by atoms with van der Waals surface area (Å²) in [5, 5.41) is 8.87. The molecule has 1 N–H and O–H groups in total. The Hall–Kier alpha value is -0.120. The SMILES string of the molecule is CC1(C)OC[C@H]([C@@H]2C[C@@H]2CO)O1. The Morgan fingerprint density at radius 3 is 2.67 bits per heavy atom. The molecule has 3 atom stereocenters. The zero-order chi connectivity index (χ0) is 8.77. The lowest BCUT2D eigenvalue weighted by Crippen LogP contribution is -2.22. The lowest BCUT2D eigenvalue weighted by molar-refractivity contribution is -0.141. The van der Waals surface area contributed by atoms with Gasteiger partial charge in [-0.2, -0.15) is 0 Å².